The van der Waals surface area contributed by atoms with Crippen LogP contribution >= 0.6 is 0 Å². The van der Waals surface area contributed by atoms with E-state index in [1.54, 1.807) is 0 Å². The Hall–Kier alpha value is -1.79. The van der Waals surface area contributed by atoms with Gasteiger partial charge in [0.1, 0.15) is 0 Å². The summed E-state index contributed by atoms with van der Waals surface area (Å²) in [5.74, 6) is -6.57. The molecule has 20 heavy (non-hydrogen) atoms. The van der Waals surface area contributed by atoms with Gasteiger partial charge in [-0.15, -0.1) is 0 Å². The molecular formula is C13H16F4N2O. The van der Waals surface area contributed by atoms with Crippen molar-refractivity contribution in [1.82, 2.24) is 5.32 Å². The summed E-state index contributed by atoms with van der Waals surface area (Å²) in [6, 6.07) is 9.34. The van der Waals surface area contributed by atoms with Gasteiger partial charge in [0.15, 0.2) is 0 Å². The Balaban J connectivity index is 2.30. The first-order valence-electron chi connectivity index (χ1n) is 6.06. The Morgan fingerprint density at radius 1 is 1.30 bits per heavy atom. The van der Waals surface area contributed by atoms with Gasteiger partial charge in [-0.2, -0.15) is 8.78 Å². The van der Waals surface area contributed by atoms with E-state index in [9.17, 15) is 22.4 Å². The largest absolute Gasteiger partial charge is 0.383 e. The van der Waals surface area contributed by atoms with Crippen molar-refractivity contribution in [2.45, 2.75) is 18.8 Å². The second-order valence-electron chi connectivity index (χ2n) is 4.29. The van der Waals surface area contributed by atoms with Gasteiger partial charge in [-0.3, -0.25) is 4.79 Å². The minimum absolute atomic E-state index is 0.0850. The van der Waals surface area contributed by atoms with Crippen LogP contribution in [0.15, 0.2) is 30.3 Å². The molecule has 0 saturated heterocycles. The number of rotatable bonds is 7. The van der Waals surface area contributed by atoms with Gasteiger partial charge in [0.05, 0.1) is 0 Å². The van der Waals surface area contributed by atoms with Crippen LogP contribution in [-0.2, 0) is 4.79 Å². The minimum Gasteiger partial charge on any atom is -0.375 e. The Bertz CT molecular complexity index is 426. The summed E-state index contributed by atoms with van der Waals surface area (Å²) < 4.78 is 49.0. The summed E-state index contributed by atoms with van der Waals surface area (Å²) in [7, 11) is 1.81. The van der Waals surface area contributed by atoms with Gasteiger partial charge in [0.25, 0.3) is 5.91 Å². The van der Waals surface area contributed by atoms with Crippen LogP contribution in [0.1, 0.15) is 6.42 Å². The Morgan fingerprint density at radius 3 is 2.45 bits per heavy atom. The SMILES string of the molecule is CN(CCCNC(=O)C(F)(F)C(F)F)c1ccccc1. The predicted octanol–water partition coefficient (Wildman–Crippen LogP) is 2.53. The van der Waals surface area contributed by atoms with Crippen molar-refractivity contribution in [1.29, 1.82) is 0 Å². The molecule has 0 aliphatic carbocycles. The predicted molar refractivity (Wildman–Crippen MR) is 68.3 cm³/mol. The minimum atomic E-state index is -4.63. The molecule has 0 fully saturated rings. The number of anilines is 1. The summed E-state index contributed by atoms with van der Waals surface area (Å²) in [5, 5.41) is 1.82. The van der Waals surface area contributed by atoms with Crippen LogP contribution in [0, 0.1) is 0 Å². The molecule has 0 aliphatic heterocycles. The van der Waals surface area contributed by atoms with E-state index in [2.05, 4.69) is 0 Å². The first-order valence-corrected chi connectivity index (χ1v) is 6.06. The number of nitrogens with zero attached hydrogens (tertiary/aromatic N) is 1. The number of amides is 1. The normalized spacial score (nSPS) is 11.5. The van der Waals surface area contributed by atoms with E-state index in [0.29, 0.717) is 13.0 Å². The number of carbonyl (C=O) groups is 1. The van der Waals surface area contributed by atoms with Crippen LogP contribution in [0.5, 0.6) is 0 Å². The third-order valence-electron chi connectivity index (χ3n) is 2.73. The Morgan fingerprint density at radius 2 is 1.90 bits per heavy atom. The summed E-state index contributed by atoms with van der Waals surface area (Å²) in [4.78, 5) is 12.7. The maximum atomic E-state index is 12.6. The average Bonchev–Trinajstić information content (AvgIpc) is 2.43. The van der Waals surface area contributed by atoms with Crippen LogP contribution in [-0.4, -0.2) is 38.4 Å². The zero-order chi connectivity index (χ0) is 15.2. The van der Waals surface area contributed by atoms with Crippen molar-refractivity contribution in [2.24, 2.45) is 0 Å². The fourth-order valence-corrected chi connectivity index (χ4v) is 1.55. The monoisotopic (exact) mass is 292 g/mol. The molecule has 1 rings (SSSR count). The van der Waals surface area contributed by atoms with E-state index < -0.39 is 18.3 Å². The second-order valence-corrected chi connectivity index (χ2v) is 4.29. The van der Waals surface area contributed by atoms with Gasteiger partial charge in [0, 0.05) is 25.8 Å². The highest BCUT2D eigenvalue weighted by atomic mass is 19.3. The third-order valence-corrected chi connectivity index (χ3v) is 2.73. The number of carbonyl (C=O) groups excluding carboxylic acids is 1. The molecule has 1 aromatic rings. The number of halogens is 4. The van der Waals surface area contributed by atoms with E-state index in [4.69, 9.17) is 0 Å². The van der Waals surface area contributed by atoms with E-state index in [1.165, 1.54) is 0 Å². The maximum Gasteiger partial charge on any atom is 0.383 e. The molecule has 0 spiro atoms. The van der Waals surface area contributed by atoms with Gasteiger partial charge in [-0.25, -0.2) is 8.78 Å². The average molecular weight is 292 g/mol. The van der Waals surface area contributed by atoms with Gasteiger partial charge in [0.2, 0.25) is 0 Å². The van der Waals surface area contributed by atoms with E-state index >= 15 is 0 Å². The molecule has 7 heteroatoms. The first kappa shape index (κ1) is 16.3. The summed E-state index contributed by atoms with van der Waals surface area (Å²) in [5.41, 5.74) is 0.941. The lowest BCUT2D eigenvalue weighted by molar-refractivity contribution is -0.169. The molecule has 0 bridgehead atoms. The van der Waals surface area contributed by atoms with Crippen molar-refractivity contribution in [3.05, 3.63) is 30.3 Å². The number of hydrogen-bond acceptors (Lipinski definition) is 2. The molecule has 1 amide bonds. The van der Waals surface area contributed by atoms with Crippen molar-refractivity contribution in [3.8, 4) is 0 Å². The molecule has 0 saturated carbocycles. The molecule has 0 aliphatic rings. The smallest absolute Gasteiger partial charge is 0.375 e. The zero-order valence-electron chi connectivity index (χ0n) is 11.0. The standard InChI is InChI=1S/C13H16F4N2O/c1-19(10-6-3-2-4-7-10)9-5-8-18-12(20)13(16,17)11(14)15/h2-4,6-7,11H,5,8-9H2,1H3,(H,18,20). The van der Waals surface area contributed by atoms with Crippen molar-refractivity contribution >= 4 is 11.6 Å². The van der Waals surface area contributed by atoms with E-state index in [-0.39, 0.29) is 6.54 Å². The van der Waals surface area contributed by atoms with Crippen LogP contribution < -0.4 is 10.2 Å². The number of benzene rings is 1. The molecule has 0 aromatic heterocycles. The maximum absolute atomic E-state index is 12.6. The highest BCUT2D eigenvalue weighted by Gasteiger charge is 2.48. The van der Waals surface area contributed by atoms with E-state index in [0.717, 1.165) is 5.69 Å². The number of hydrogen-bond donors (Lipinski definition) is 1. The van der Waals surface area contributed by atoms with Crippen LogP contribution in [0.4, 0.5) is 23.2 Å². The van der Waals surface area contributed by atoms with E-state index in [1.807, 2.05) is 47.6 Å². The second kappa shape index (κ2) is 7.12. The zero-order valence-corrected chi connectivity index (χ0v) is 11.0. The van der Waals surface area contributed by atoms with Crippen molar-refractivity contribution < 1.29 is 22.4 Å². The lowest BCUT2D eigenvalue weighted by Crippen LogP contribution is -2.45. The Labute approximate surface area is 114 Å². The van der Waals surface area contributed by atoms with Crippen LogP contribution in [0.2, 0.25) is 0 Å². The number of para-hydroxylation sites is 1. The molecule has 0 heterocycles. The lowest BCUT2D eigenvalue weighted by atomic mass is 10.2. The molecule has 0 unspecified atom stereocenters. The summed E-state index contributed by atoms with van der Waals surface area (Å²) >= 11 is 0. The first-order chi connectivity index (χ1) is 9.35. The highest BCUT2D eigenvalue weighted by molar-refractivity contribution is 5.83. The molecule has 112 valence electrons. The van der Waals surface area contributed by atoms with Gasteiger partial charge in [-0.05, 0) is 18.6 Å². The molecule has 1 N–H and O–H groups in total. The lowest BCUT2D eigenvalue weighted by Gasteiger charge is -2.20. The quantitative estimate of drug-likeness (QED) is 0.618. The number of alkyl halides is 4. The topological polar surface area (TPSA) is 32.3 Å². The number of nitrogens with one attached hydrogen (secondary N) is 1. The van der Waals surface area contributed by atoms with Gasteiger partial charge in [-0.1, -0.05) is 18.2 Å². The third kappa shape index (κ3) is 4.40. The molecule has 0 atom stereocenters. The molecule has 0 radical (unpaired) electrons. The fraction of sp³-hybridized carbons (Fsp3) is 0.462. The van der Waals surface area contributed by atoms with Crippen molar-refractivity contribution in [3.63, 3.8) is 0 Å². The Kier molecular flexibility index (Phi) is 5.79. The van der Waals surface area contributed by atoms with Crippen LogP contribution in [0.3, 0.4) is 0 Å². The van der Waals surface area contributed by atoms with Crippen LogP contribution in [0.25, 0.3) is 0 Å². The molecule has 3 nitrogen and oxygen atoms in total. The van der Waals surface area contributed by atoms with Gasteiger partial charge >= 0.3 is 12.3 Å². The summed E-state index contributed by atoms with van der Waals surface area (Å²) in [6.07, 6.45) is -3.62. The van der Waals surface area contributed by atoms with Gasteiger partial charge < -0.3 is 10.2 Å². The summed E-state index contributed by atoms with van der Waals surface area (Å²) in [6.45, 7) is 0.420. The molecular weight excluding hydrogens is 276 g/mol. The fourth-order valence-electron chi connectivity index (χ4n) is 1.55. The van der Waals surface area contributed by atoms with Crippen molar-refractivity contribution in [2.75, 3.05) is 25.0 Å². The molecule has 1 aromatic carbocycles. The highest BCUT2D eigenvalue weighted by Crippen LogP contribution is 2.22.